The first-order valence-corrected chi connectivity index (χ1v) is 8.87. The molecule has 0 saturated carbocycles. The van der Waals surface area contributed by atoms with E-state index in [0.29, 0.717) is 25.1 Å². The molecule has 4 nitrogen and oxygen atoms in total. The molecule has 2 rings (SSSR count). The van der Waals surface area contributed by atoms with E-state index in [0.717, 1.165) is 5.56 Å². The zero-order valence-electron chi connectivity index (χ0n) is 12.3. The minimum absolute atomic E-state index is 0.0636. The van der Waals surface area contributed by atoms with Gasteiger partial charge < -0.3 is 4.90 Å². The molecule has 0 aliphatic carbocycles. The van der Waals surface area contributed by atoms with Crippen molar-refractivity contribution in [3.05, 3.63) is 35.6 Å². The van der Waals surface area contributed by atoms with Crippen LogP contribution in [0.5, 0.6) is 0 Å². The third-order valence-electron chi connectivity index (χ3n) is 3.68. The van der Waals surface area contributed by atoms with Crippen molar-refractivity contribution in [2.75, 3.05) is 18.6 Å². The lowest BCUT2D eigenvalue weighted by Crippen LogP contribution is -2.32. The highest BCUT2D eigenvalue weighted by Crippen LogP contribution is 2.26. The molecule has 1 aromatic carbocycles. The third-order valence-corrected chi connectivity index (χ3v) is 4.54. The van der Waals surface area contributed by atoms with Gasteiger partial charge in [-0.1, -0.05) is 19.1 Å². The van der Waals surface area contributed by atoms with Gasteiger partial charge in [0.25, 0.3) is 0 Å². The summed E-state index contributed by atoms with van der Waals surface area (Å²) < 4.78 is 24.2. The minimum atomic E-state index is -0.854. The van der Waals surface area contributed by atoms with Gasteiger partial charge in [-0.05, 0) is 30.5 Å². The summed E-state index contributed by atoms with van der Waals surface area (Å²) in [4.78, 5) is 14.1. The number of halogens is 1. The predicted octanol–water partition coefficient (Wildman–Crippen LogP) is 1.80. The summed E-state index contributed by atoms with van der Waals surface area (Å²) in [5.74, 6) is 0.355. The van der Waals surface area contributed by atoms with Crippen molar-refractivity contribution in [2.45, 2.75) is 32.0 Å². The Morgan fingerprint density at radius 1 is 1.33 bits per heavy atom. The van der Waals surface area contributed by atoms with Gasteiger partial charge in [0.2, 0.25) is 5.91 Å². The van der Waals surface area contributed by atoms with Crippen LogP contribution in [0.25, 0.3) is 0 Å². The zero-order chi connectivity index (χ0) is 15.4. The zero-order valence-corrected chi connectivity index (χ0v) is 13.2. The molecule has 1 fully saturated rings. The fourth-order valence-electron chi connectivity index (χ4n) is 2.57. The fourth-order valence-corrected chi connectivity index (χ4v) is 3.11. The van der Waals surface area contributed by atoms with Crippen LogP contribution in [0.2, 0.25) is 0 Å². The Balaban J connectivity index is 2.13. The number of nitrogens with one attached hydrogen (secondary N) is 1. The highest BCUT2D eigenvalue weighted by Gasteiger charge is 2.38. The standard InChI is InChI=1S/C15H21FN2O2S/c1-3-13-15(19)18(9-4-10-21(2)20)14(17-13)11-5-7-12(16)8-6-11/h5-8,13-14,17H,3-4,9-10H2,1-2H3. The molecule has 21 heavy (non-hydrogen) atoms. The molecule has 0 aromatic heterocycles. The number of carbonyl (C=O) groups excluding carboxylic acids is 1. The summed E-state index contributed by atoms with van der Waals surface area (Å²) in [5, 5.41) is 3.29. The van der Waals surface area contributed by atoms with Crippen LogP contribution >= 0.6 is 0 Å². The molecule has 116 valence electrons. The van der Waals surface area contributed by atoms with Crippen molar-refractivity contribution in [3.8, 4) is 0 Å². The molecule has 1 amide bonds. The van der Waals surface area contributed by atoms with Gasteiger partial charge in [0.1, 0.15) is 12.0 Å². The van der Waals surface area contributed by atoms with Crippen molar-refractivity contribution >= 4 is 16.7 Å². The summed E-state index contributed by atoms with van der Waals surface area (Å²) in [7, 11) is -0.854. The molecule has 0 bridgehead atoms. The SMILES string of the molecule is CCC1NC(c2ccc(F)cc2)N(CCCS(C)=O)C1=O. The van der Waals surface area contributed by atoms with Crippen molar-refractivity contribution < 1.29 is 13.4 Å². The molecule has 6 heteroatoms. The van der Waals surface area contributed by atoms with Crippen molar-refractivity contribution in [1.29, 1.82) is 0 Å². The summed E-state index contributed by atoms with van der Waals surface area (Å²) in [6.07, 6.45) is 2.85. The highest BCUT2D eigenvalue weighted by atomic mass is 32.2. The number of amides is 1. The van der Waals surface area contributed by atoms with Crippen molar-refractivity contribution in [3.63, 3.8) is 0 Å². The summed E-state index contributed by atoms with van der Waals surface area (Å²) in [5.41, 5.74) is 0.873. The topological polar surface area (TPSA) is 49.4 Å². The van der Waals surface area contributed by atoms with Gasteiger partial charge in [-0.15, -0.1) is 0 Å². The second-order valence-corrected chi connectivity index (χ2v) is 6.80. The molecule has 0 spiro atoms. The molecule has 1 aliphatic heterocycles. The van der Waals surface area contributed by atoms with Gasteiger partial charge in [-0.2, -0.15) is 0 Å². The molecular weight excluding hydrogens is 291 g/mol. The van der Waals surface area contributed by atoms with Gasteiger partial charge in [-0.3, -0.25) is 14.3 Å². The van der Waals surface area contributed by atoms with Gasteiger partial charge in [0, 0.05) is 29.4 Å². The molecule has 1 heterocycles. The van der Waals surface area contributed by atoms with Crippen LogP contribution < -0.4 is 5.32 Å². The molecule has 1 aromatic rings. The minimum Gasteiger partial charge on any atom is -0.322 e. The molecule has 1 saturated heterocycles. The Morgan fingerprint density at radius 3 is 2.57 bits per heavy atom. The van der Waals surface area contributed by atoms with E-state index in [1.54, 1.807) is 23.3 Å². The second kappa shape index (κ2) is 7.13. The Kier molecular flexibility index (Phi) is 5.47. The van der Waals surface area contributed by atoms with E-state index in [1.807, 2.05) is 6.92 Å². The Morgan fingerprint density at radius 2 is 2.00 bits per heavy atom. The lowest BCUT2D eigenvalue weighted by molar-refractivity contribution is -0.130. The molecule has 0 radical (unpaired) electrons. The van der Waals surface area contributed by atoms with Crippen LogP contribution in [0.15, 0.2) is 24.3 Å². The normalized spacial score (nSPS) is 23.6. The number of nitrogens with zero attached hydrogens (tertiary/aromatic N) is 1. The van der Waals surface area contributed by atoms with E-state index >= 15 is 0 Å². The van der Waals surface area contributed by atoms with Crippen LogP contribution in [-0.4, -0.2) is 39.6 Å². The first-order chi connectivity index (χ1) is 10.0. The van der Waals surface area contributed by atoms with Crippen molar-refractivity contribution in [1.82, 2.24) is 10.2 Å². The molecule has 1 N–H and O–H groups in total. The molecule has 3 atom stereocenters. The van der Waals surface area contributed by atoms with Crippen LogP contribution in [0.3, 0.4) is 0 Å². The first kappa shape index (κ1) is 16.1. The summed E-state index contributed by atoms with van der Waals surface area (Å²) >= 11 is 0. The van der Waals surface area contributed by atoms with Crippen LogP contribution in [0.4, 0.5) is 4.39 Å². The Labute approximate surface area is 127 Å². The lowest BCUT2D eigenvalue weighted by Gasteiger charge is -2.24. The Hall–Kier alpha value is -1.27. The smallest absolute Gasteiger partial charge is 0.241 e. The third kappa shape index (κ3) is 3.89. The van der Waals surface area contributed by atoms with E-state index in [2.05, 4.69) is 5.32 Å². The van der Waals surface area contributed by atoms with Crippen LogP contribution in [-0.2, 0) is 15.6 Å². The maximum atomic E-state index is 13.0. The first-order valence-electron chi connectivity index (χ1n) is 7.15. The summed E-state index contributed by atoms with van der Waals surface area (Å²) in [6, 6.07) is 6.00. The average Bonchev–Trinajstić information content (AvgIpc) is 2.76. The van der Waals surface area contributed by atoms with Gasteiger partial charge in [-0.25, -0.2) is 4.39 Å². The van der Waals surface area contributed by atoms with E-state index in [1.165, 1.54) is 12.1 Å². The molecular formula is C15H21FN2O2S. The van der Waals surface area contributed by atoms with Crippen LogP contribution in [0.1, 0.15) is 31.5 Å². The second-order valence-electron chi connectivity index (χ2n) is 5.24. The number of hydrogen-bond acceptors (Lipinski definition) is 3. The highest BCUT2D eigenvalue weighted by molar-refractivity contribution is 7.84. The van der Waals surface area contributed by atoms with Crippen molar-refractivity contribution in [2.24, 2.45) is 0 Å². The molecule has 3 unspecified atom stereocenters. The van der Waals surface area contributed by atoms with Gasteiger partial charge in [0.05, 0.1) is 6.04 Å². The molecule has 1 aliphatic rings. The maximum absolute atomic E-state index is 13.0. The number of benzene rings is 1. The van der Waals surface area contributed by atoms with E-state index < -0.39 is 10.8 Å². The van der Waals surface area contributed by atoms with Crippen LogP contribution in [0, 0.1) is 5.82 Å². The van der Waals surface area contributed by atoms with E-state index in [-0.39, 0.29) is 23.9 Å². The monoisotopic (exact) mass is 312 g/mol. The van der Waals surface area contributed by atoms with Gasteiger partial charge >= 0.3 is 0 Å². The average molecular weight is 312 g/mol. The number of hydrogen-bond donors (Lipinski definition) is 1. The van der Waals surface area contributed by atoms with E-state index in [9.17, 15) is 13.4 Å². The predicted molar refractivity (Wildman–Crippen MR) is 81.6 cm³/mol. The number of carbonyl (C=O) groups is 1. The Bertz CT molecular complexity index is 521. The number of rotatable bonds is 6. The largest absolute Gasteiger partial charge is 0.322 e. The maximum Gasteiger partial charge on any atom is 0.241 e. The van der Waals surface area contributed by atoms with Gasteiger partial charge in [0.15, 0.2) is 0 Å². The quantitative estimate of drug-likeness (QED) is 0.871. The van der Waals surface area contributed by atoms with E-state index in [4.69, 9.17) is 0 Å². The summed E-state index contributed by atoms with van der Waals surface area (Å²) in [6.45, 7) is 2.52. The fraction of sp³-hybridized carbons (Fsp3) is 0.533. The lowest BCUT2D eigenvalue weighted by atomic mass is 10.1.